The van der Waals surface area contributed by atoms with Gasteiger partial charge in [-0.1, -0.05) is 18.2 Å². The summed E-state index contributed by atoms with van der Waals surface area (Å²) in [5, 5.41) is 11.5. The van der Waals surface area contributed by atoms with Crippen molar-refractivity contribution in [3.8, 4) is 0 Å². The Morgan fingerprint density at radius 2 is 1.93 bits per heavy atom. The Kier molecular flexibility index (Phi) is 5.13. The lowest BCUT2D eigenvalue weighted by atomic mass is 10.1. The molecule has 0 aliphatic carbocycles. The molecule has 2 heterocycles. The predicted molar refractivity (Wildman–Crippen MR) is 115 cm³/mol. The second-order valence-corrected chi connectivity index (χ2v) is 6.81. The maximum absolute atomic E-state index is 12.9. The number of pyridine rings is 1. The van der Waals surface area contributed by atoms with Crippen LogP contribution < -0.4 is 16.4 Å². The lowest BCUT2D eigenvalue weighted by Gasteiger charge is -2.13. The highest BCUT2D eigenvalue weighted by molar-refractivity contribution is 6.08. The lowest BCUT2D eigenvalue weighted by molar-refractivity contribution is 0.0992. The largest absolute Gasteiger partial charge is 0.380 e. The molecule has 0 bridgehead atoms. The van der Waals surface area contributed by atoms with E-state index in [0.29, 0.717) is 29.0 Å². The number of aryl methyl sites for hydroxylation is 1. The van der Waals surface area contributed by atoms with Crippen LogP contribution in [0.3, 0.4) is 0 Å². The molecule has 0 fully saturated rings. The van der Waals surface area contributed by atoms with Gasteiger partial charge in [0.1, 0.15) is 5.69 Å². The first-order valence-electron chi connectivity index (χ1n) is 9.32. The van der Waals surface area contributed by atoms with E-state index in [1.165, 1.54) is 6.20 Å². The topological polar surface area (TPSA) is 115 Å². The number of rotatable bonds is 6. The van der Waals surface area contributed by atoms with Crippen LogP contribution in [0, 0.1) is 0 Å². The number of benzene rings is 2. The Labute approximate surface area is 172 Å². The van der Waals surface area contributed by atoms with Gasteiger partial charge in [0.25, 0.3) is 11.8 Å². The number of hydrogen-bond acceptors (Lipinski definition) is 5. The van der Waals surface area contributed by atoms with Crippen molar-refractivity contribution in [2.75, 3.05) is 10.6 Å². The van der Waals surface area contributed by atoms with E-state index in [1.54, 1.807) is 35.0 Å². The quantitative estimate of drug-likeness (QED) is 0.460. The average Bonchev–Trinajstić information content (AvgIpc) is 3.11. The minimum absolute atomic E-state index is 0.204. The molecule has 4 rings (SSSR count). The molecular formula is C22H20N6O2. The van der Waals surface area contributed by atoms with Crippen LogP contribution in [0.1, 0.15) is 26.4 Å². The van der Waals surface area contributed by atoms with E-state index in [4.69, 9.17) is 5.73 Å². The van der Waals surface area contributed by atoms with Crippen molar-refractivity contribution >= 4 is 34.1 Å². The molecule has 0 aliphatic heterocycles. The number of amides is 2. The van der Waals surface area contributed by atoms with Crippen LogP contribution in [-0.4, -0.2) is 26.6 Å². The zero-order valence-electron chi connectivity index (χ0n) is 16.3. The van der Waals surface area contributed by atoms with Gasteiger partial charge in [-0.3, -0.25) is 19.3 Å². The minimum Gasteiger partial charge on any atom is -0.380 e. The molecule has 2 amide bonds. The van der Waals surface area contributed by atoms with Crippen molar-refractivity contribution in [1.29, 1.82) is 0 Å². The van der Waals surface area contributed by atoms with E-state index in [0.717, 1.165) is 10.9 Å². The number of nitrogens with one attached hydrogen (secondary N) is 2. The second kappa shape index (κ2) is 8.04. The van der Waals surface area contributed by atoms with Crippen LogP contribution in [-0.2, 0) is 13.6 Å². The minimum atomic E-state index is -0.594. The summed E-state index contributed by atoms with van der Waals surface area (Å²) in [7, 11) is 1.85. The maximum Gasteiger partial charge on any atom is 0.267 e. The predicted octanol–water partition coefficient (Wildman–Crippen LogP) is 2.93. The molecule has 30 heavy (non-hydrogen) atoms. The van der Waals surface area contributed by atoms with Crippen molar-refractivity contribution in [3.05, 3.63) is 83.8 Å². The van der Waals surface area contributed by atoms with E-state index in [1.807, 2.05) is 37.5 Å². The van der Waals surface area contributed by atoms with E-state index in [-0.39, 0.29) is 11.6 Å². The molecule has 150 valence electrons. The maximum atomic E-state index is 12.9. The van der Waals surface area contributed by atoms with Gasteiger partial charge in [0.15, 0.2) is 0 Å². The van der Waals surface area contributed by atoms with Gasteiger partial charge in [0, 0.05) is 48.3 Å². The first kappa shape index (κ1) is 19.1. The fraction of sp³-hybridized carbons (Fsp3) is 0.0909. The number of para-hydroxylation sites is 1. The van der Waals surface area contributed by atoms with E-state index < -0.39 is 5.91 Å². The van der Waals surface area contributed by atoms with Gasteiger partial charge in [0.05, 0.1) is 11.1 Å². The Morgan fingerprint density at radius 1 is 1.10 bits per heavy atom. The number of primary amides is 1. The van der Waals surface area contributed by atoms with Crippen molar-refractivity contribution in [2.45, 2.75) is 6.54 Å². The normalized spacial score (nSPS) is 10.7. The van der Waals surface area contributed by atoms with Gasteiger partial charge in [-0.15, -0.1) is 0 Å². The van der Waals surface area contributed by atoms with Gasteiger partial charge < -0.3 is 16.4 Å². The van der Waals surface area contributed by atoms with Gasteiger partial charge in [0.2, 0.25) is 0 Å². The fourth-order valence-corrected chi connectivity index (χ4v) is 3.24. The van der Waals surface area contributed by atoms with E-state index >= 15 is 0 Å². The van der Waals surface area contributed by atoms with Crippen molar-refractivity contribution in [2.24, 2.45) is 12.8 Å². The highest BCUT2D eigenvalue weighted by atomic mass is 16.2. The summed E-state index contributed by atoms with van der Waals surface area (Å²) in [6.07, 6.45) is 3.43. The summed E-state index contributed by atoms with van der Waals surface area (Å²) in [5.74, 6) is -0.849. The average molecular weight is 400 g/mol. The summed E-state index contributed by atoms with van der Waals surface area (Å²) in [5.41, 5.74) is 8.81. The number of nitrogens with two attached hydrogens (primary N) is 1. The lowest BCUT2D eigenvalue weighted by Crippen LogP contribution is -2.18. The summed E-state index contributed by atoms with van der Waals surface area (Å²) < 4.78 is 1.73. The van der Waals surface area contributed by atoms with Crippen LogP contribution in [0.15, 0.2) is 67.0 Å². The molecule has 0 saturated heterocycles. The van der Waals surface area contributed by atoms with Crippen LogP contribution >= 0.6 is 0 Å². The summed E-state index contributed by atoms with van der Waals surface area (Å²) in [6.45, 7) is 0.302. The molecule has 2 aromatic carbocycles. The molecule has 4 N–H and O–H groups in total. The van der Waals surface area contributed by atoms with Gasteiger partial charge >= 0.3 is 0 Å². The number of aromatic nitrogens is 3. The van der Waals surface area contributed by atoms with Crippen molar-refractivity contribution in [1.82, 2.24) is 14.8 Å². The smallest absolute Gasteiger partial charge is 0.267 e. The van der Waals surface area contributed by atoms with Crippen LogP contribution in [0.2, 0.25) is 0 Å². The summed E-state index contributed by atoms with van der Waals surface area (Å²) in [6, 6.07) is 16.2. The molecule has 0 spiro atoms. The zero-order valence-corrected chi connectivity index (χ0v) is 16.3. The summed E-state index contributed by atoms with van der Waals surface area (Å²) >= 11 is 0. The third-order valence-electron chi connectivity index (χ3n) is 4.65. The van der Waals surface area contributed by atoms with Crippen molar-refractivity contribution in [3.63, 3.8) is 0 Å². The zero-order chi connectivity index (χ0) is 21.1. The molecule has 8 nitrogen and oxygen atoms in total. The summed E-state index contributed by atoms with van der Waals surface area (Å²) in [4.78, 5) is 28.5. The second-order valence-electron chi connectivity index (χ2n) is 6.81. The monoisotopic (exact) mass is 400 g/mol. The number of nitrogens with zero attached hydrogens (tertiary/aromatic N) is 3. The SMILES string of the molecule is Cn1cc2ccc(NC(=O)c3ccccc3NCc3cccnc3C(N)=O)cc2n1. The number of carbonyl (C=O) groups excluding carboxylic acids is 2. The highest BCUT2D eigenvalue weighted by Crippen LogP contribution is 2.21. The third-order valence-corrected chi connectivity index (χ3v) is 4.65. The van der Waals surface area contributed by atoms with Gasteiger partial charge in [-0.2, -0.15) is 5.10 Å². The molecule has 0 radical (unpaired) electrons. The van der Waals surface area contributed by atoms with Gasteiger partial charge in [-0.25, -0.2) is 0 Å². The van der Waals surface area contributed by atoms with Crippen LogP contribution in [0.25, 0.3) is 10.9 Å². The highest BCUT2D eigenvalue weighted by Gasteiger charge is 2.14. The third kappa shape index (κ3) is 3.97. The van der Waals surface area contributed by atoms with E-state index in [9.17, 15) is 9.59 Å². The number of carbonyl (C=O) groups is 2. The molecule has 0 saturated carbocycles. The molecule has 0 aliphatic rings. The molecule has 2 aromatic heterocycles. The standard InChI is InChI=1S/C22H20N6O2/c1-28-13-15-8-9-16(11-19(15)27-28)26-22(30)17-6-2-3-7-18(17)25-12-14-5-4-10-24-20(14)21(23)29/h2-11,13,25H,12H2,1H3,(H2,23,29)(H,26,30). The van der Waals surface area contributed by atoms with Gasteiger partial charge in [-0.05, 0) is 36.4 Å². The molecule has 0 atom stereocenters. The number of fused-ring (bicyclic) bond motifs is 1. The Hall–Kier alpha value is -4.20. The fourth-order valence-electron chi connectivity index (χ4n) is 3.24. The molecule has 8 heteroatoms. The first-order chi connectivity index (χ1) is 14.5. The Bertz CT molecular complexity index is 1250. The molecular weight excluding hydrogens is 380 g/mol. The molecule has 0 unspecified atom stereocenters. The first-order valence-corrected chi connectivity index (χ1v) is 9.32. The van der Waals surface area contributed by atoms with Crippen LogP contribution in [0.4, 0.5) is 11.4 Å². The van der Waals surface area contributed by atoms with E-state index in [2.05, 4.69) is 20.7 Å². The number of anilines is 2. The molecule has 4 aromatic rings. The van der Waals surface area contributed by atoms with Crippen LogP contribution in [0.5, 0.6) is 0 Å². The van der Waals surface area contributed by atoms with Crippen molar-refractivity contribution < 1.29 is 9.59 Å². The number of hydrogen-bond donors (Lipinski definition) is 3. The Morgan fingerprint density at radius 3 is 2.77 bits per heavy atom. The Balaban J connectivity index is 1.53.